The molecule has 9 heteroatoms. The minimum Gasteiger partial charge on any atom is -0.467 e. The van der Waals surface area contributed by atoms with Crippen molar-refractivity contribution < 1.29 is 13.9 Å². The Labute approximate surface area is 158 Å². The van der Waals surface area contributed by atoms with Gasteiger partial charge in [0.25, 0.3) is 0 Å². The minimum absolute atomic E-state index is 0.216. The fraction of sp³-hybridized carbons (Fsp3) is 0.176. The summed E-state index contributed by atoms with van der Waals surface area (Å²) in [6.45, 7) is 0.684. The summed E-state index contributed by atoms with van der Waals surface area (Å²) in [5.41, 5.74) is 2.54. The summed E-state index contributed by atoms with van der Waals surface area (Å²) in [6.07, 6.45) is 0. The number of ether oxygens (including phenoxy) is 2. The van der Waals surface area contributed by atoms with Crippen molar-refractivity contribution in [1.29, 1.82) is 0 Å². The summed E-state index contributed by atoms with van der Waals surface area (Å²) in [4.78, 5) is 0. The predicted molar refractivity (Wildman–Crippen MR) is 96.9 cm³/mol. The van der Waals surface area contributed by atoms with Crippen LogP contribution in [0.5, 0.6) is 5.75 Å². The Kier molecular flexibility index (Phi) is 4.71. The molecule has 26 heavy (non-hydrogen) atoms. The van der Waals surface area contributed by atoms with Crippen molar-refractivity contribution in [3.8, 4) is 17.1 Å². The maximum atomic E-state index is 13.1. The van der Waals surface area contributed by atoms with Crippen LogP contribution in [-0.2, 0) is 17.1 Å². The molecule has 3 aromatic rings. The molecule has 134 valence electrons. The van der Waals surface area contributed by atoms with Gasteiger partial charge >= 0.3 is 0 Å². The Morgan fingerprint density at radius 3 is 2.85 bits per heavy atom. The van der Waals surface area contributed by atoms with E-state index in [4.69, 9.17) is 26.9 Å². The molecule has 2 N–H and O–H groups in total. The van der Waals surface area contributed by atoms with Crippen molar-refractivity contribution in [2.45, 2.75) is 17.5 Å². The van der Waals surface area contributed by atoms with Crippen LogP contribution in [-0.4, -0.2) is 21.7 Å². The fourth-order valence-corrected chi connectivity index (χ4v) is 3.76. The van der Waals surface area contributed by atoms with Gasteiger partial charge < -0.3 is 15.3 Å². The Balaban J connectivity index is 1.56. The van der Waals surface area contributed by atoms with E-state index in [-0.39, 0.29) is 12.6 Å². The van der Waals surface area contributed by atoms with Gasteiger partial charge in [0.1, 0.15) is 11.6 Å². The number of hydrogen-bond acceptors (Lipinski definition) is 6. The summed E-state index contributed by atoms with van der Waals surface area (Å²) < 4.78 is 25.4. The lowest BCUT2D eigenvalue weighted by Crippen LogP contribution is -2.13. The second kappa shape index (κ2) is 7.14. The second-order valence-corrected chi connectivity index (χ2v) is 7.01. The molecule has 0 radical (unpaired) electrons. The van der Waals surface area contributed by atoms with E-state index in [1.54, 1.807) is 12.1 Å². The van der Waals surface area contributed by atoms with E-state index in [2.05, 4.69) is 10.2 Å². The van der Waals surface area contributed by atoms with E-state index in [0.29, 0.717) is 33.9 Å². The number of nitrogen functional groups attached to an aromatic ring is 1. The first-order chi connectivity index (χ1) is 12.6. The number of nitrogens with zero attached hydrogens (tertiary/aromatic N) is 3. The molecule has 2 aromatic carbocycles. The molecular weight excluding hydrogens is 379 g/mol. The van der Waals surface area contributed by atoms with Crippen LogP contribution in [0, 0.1) is 5.82 Å². The van der Waals surface area contributed by atoms with Crippen LogP contribution in [0.1, 0.15) is 11.1 Å². The standard InChI is InChI=1S/C17H14ClFN4O2S/c18-13-5-11-7-24-9-25-15(11)12(6-13)8-26-17-22-21-16(23(17)20)10-1-3-14(19)4-2-10/h1-6H,7-9,20H2. The first kappa shape index (κ1) is 17.1. The topological polar surface area (TPSA) is 75.2 Å². The molecule has 1 aliphatic heterocycles. The fourth-order valence-electron chi connectivity index (χ4n) is 2.68. The van der Waals surface area contributed by atoms with Crippen molar-refractivity contribution in [1.82, 2.24) is 14.9 Å². The zero-order valence-corrected chi connectivity index (χ0v) is 15.1. The molecule has 0 atom stereocenters. The molecule has 1 aliphatic rings. The smallest absolute Gasteiger partial charge is 0.210 e. The lowest BCUT2D eigenvalue weighted by Gasteiger charge is -2.20. The van der Waals surface area contributed by atoms with E-state index in [0.717, 1.165) is 16.9 Å². The maximum Gasteiger partial charge on any atom is 0.210 e. The third-order valence-electron chi connectivity index (χ3n) is 3.88. The highest BCUT2D eigenvalue weighted by atomic mass is 35.5. The van der Waals surface area contributed by atoms with Gasteiger partial charge in [0.2, 0.25) is 5.16 Å². The molecule has 6 nitrogen and oxygen atoms in total. The zero-order valence-electron chi connectivity index (χ0n) is 13.5. The molecule has 0 unspecified atom stereocenters. The number of benzene rings is 2. The summed E-state index contributed by atoms with van der Waals surface area (Å²) in [5.74, 6) is 7.59. The molecule has 0 aliphatic carbocycles. The van der Waals surface area contributed by atoms with Crippen LogP contribution in [0.2, 0.25) is 5.02 Å². The van der Waals surface area contributed by atoms with E-state index < -0.39 is 0 Å². The van der Waals surface area contributed by atoms with Crippen LogP contribution < -0.4 is 10.6 Å². The van der Waals surface area contributed by atoms with Gasteiger partial charge in [-0.2, -0.15) is 0 Å². The predicted octanol–water partition coefficient (Wildman–Crippen LogP) is 3.61. The van der Waals surface area contributed by atoms with Gasteiger partial charge in [-0.15, -0.1) is 10.2 Å². The van der Waals surface area contributed by atoms with Crippen LogP contribution in [0.4, 0.5) is 4.39 Å². The quantitative estimate of drug-likeness (QED) is 0.540. The number of halogens is 2. The zero-order chi connectivity index (χ0) is 18.1. The van der Waals surface area contributed by atoms with Gasteiger partial charge in [-0.05, 0) is 36.4 Å². The number of hydrogen-bond donors (Lipinski definition) is 1. The van der Waals surface area contributed by atoms with E-state index in [1.807, 2.05) is 12.1 Å². The van der Waals surface area contributed by atoms with E-state index in [9.17, 15) is 4.39 Å². The number of aromatic nitrogens is 3. The highest BCUT2D eigenvalue weighted by Crippen LogP contribution is 2.35. The van der Waals surface area contributed by atoms with Crippen molar-refractivity contribution in [2.75, 3.05) is 12.6 Å². The van der Waals surface area contributed by atoms with Gasteiger partial charge in [-0.3, -0.25) is 0 Å². The van der Waals surface area contributed by atoms with Gasteiger partial charge in [-0.25, -0.2) is 9.07 Å². The van der Waals surface area contributed by atoms with Gasteiger partial charge in [0, 0.05) is 27.5 Å². The highest BCUT2D eigenvalue weighted by Gasteiger charge is 2.18. The highest BCUT2D eigenvalue weighted by molar-refractivity contribution is 7.98. The monoisotopic (exact) mass is 392 g/mol. The molecule has 1 aromatic heterocycles. The summed E-state index contributed by atoms with van der Waals surface area (Å²) in [7, 11) is 0. The molecule has 0 bridgehead atoms. The van der Waals surface area contributed by atoms with Crippen LogP contribution in [0.3, 0.4) is 0 Å². The average Bonchev–Trinajstić information content (AvgIpc) is 3.01. The van der Waals surface area contributed by atoms with Crippen LogP contribution in [0.25, 0.3) is 11.4 Å². The van der Waals surface area contributed by atoms with Gasteiger partial charge in [0.15, 0.2) is 12.6 Å². The molecule has 0 saturated carbocycles. The van der Waals surface area contributed by atoms with Crippen LogP contribution in [0.15, 0.2) is 41.6 Å². The number of nitrogens with two attached hydrogens (primary N) is 1. The number of fused-ring (bicyclic) bond motifs is 1. The van der Waals surface area contributed by atoms with Gasteiger partial charge in [-0.1, -0.05) is 23.4 Å². The van der Waals surface area contributed by atoms with Crippen LogP contribution >= 0.6 is 23.4 Å². The Morgan fingerprint density at radius 2 is 2.04 bits per heavy atom. The Morgan fingerprint density at radius 1 is 1.23 bits per heavy atom. The second-order valence-electron chi connectivity index (χ2n) is 5.64. The Bertz CT molecular complexity index is 949. The van der Waals surface area contributed by atoms with Crippen molar-refractivity contribution in [2.24, 2.45) is 0 Å². The Hall–Kier alpha value is -2.29. The first-order valence-electron chi connectivity index (χ1n) is 7.73. The lowest BCUT2D eigenvalue weighted by atomic mass is 10.1. The maximum absolute atomic E-state index is 13.1. The summed E-state index contributed by atoms with van der Waals surface area (Å²) in [5, 5.41) is 9.38. The average molecular weight is 393 g/mol. The van der Waals surface area contributed by atoms with Crippen molar-refractivity contribution in [3.63, 3.8) is 0 Å². The molecule has 0 saturated heterocycles. The third-order valence-corrected chi connectivity index (χ3v) is 5.09. The molecule has 0 amide bonds. The molecule has 0 spiro atoms. The minimum atomic E-state index is -0.318. The number of thioether (sulfide) groups is 1. The summed E-state index contributed by atoms with van der Waals surface area (Å²) >= 11 is 7.59. The van der Waals surface area contributed by atoms with Crippen molar-refractivity contribution in [3.05, 3.63) is 58.4 Å². The van der Waals surface area contributed by atoms with Gasteiger partial charge in [0.05, 0.1) is 6.61 Å². The summed E-state index contributed by atoms with van der Waals surface area (Å²) in [6, 6.07) is 9.62. The molecular formula is C17H14ClFN4O2S. The van der Waals surface area contributed by atoms with Crippen molar-refractivity contribution >= 4 is 23.4 Å². The van der Waals surface area contributed by atoms with E-state index in [1.165, 1.54) is 28.6 Å². The molecule has 0 fully saturated rings. The SMILES string of the molecule is Nn1c(SCc2cc(Cl)cc3c2OCOC3)nnc1-c1ccc(F)cc1. The lowest BCUT2D eigenvalue weighted by molar-refractivity contribution is -0.0168. The molecule has 4 rings (SSSR count). The van der Waals surface area contributed by atoms with E-state index >= 15 is 0 Å². The first-order valence-corrected chi connectivity index (χ1v) is 9.09. The molecule has 2 heterocycles. The largest absolute Gasteiger partial charge is 0.467 e. The third kappa shape index (κ3) is 3.35. The normalized spacial score (nSPS) is 13.3. The number of rotatable bonds is 4.